The van der Waals surface area contributed by atoms with Crippen LogP contribution in [0.3, 0.4) is 0 Å². The third-order valence-corrected chi connectivity index (χ3v) is 4.24. The molecular weight excluding hydrogens is 280 g/mol. The predicted octanol–water partition coefficient (Wildman–Crippen LogP) is 2.89. The topological polar surface area (TPSA) is 36.4 Å². The van der Waals surface area contributed by atoms with Gasteiger partial charge in [0.15, 0.2) is 0 Å². The molecule has 17 heavy (non-hydrogen) atoms. The summed E-state index contributed by atoms with van der Waals surface area (Å²) in [5, 5.41) is 9.49. The largest absolute Gasteiger partial charge is 0.394 e. The van der Waals surface area contributed by atoms with Gasteiger partial charge in [0.05, 0.1) is 12.6 Å². The van der Waals surface area contributed by atoms with E-state index in [1.54, 1.807) is 0 Å². The number of halogens is 1. The molecule has 0 radical (unpaired) electrons. The first-order valence-electron chi connectivity index (χ1n) is 6.22. The van der Waals surface area contributed by atoms with Gasteiger partial charge in [-0.2, -0.15) is 0 Å². The molecule has 0 spiro atoms. The van der Waals surface area contributed by atoms with Crippen molar-refractivity contribution in [1.82, 2.24) is 4.98 Å². The van der Waals surface area contributed by atoms with Crippen molar-refractivity contribution in [2.75, 3.05) is 18.1 Å². The van der Waals surface area contributed by atoms with Gasteiger partial charge in [0, 0.05) is 17.2 Å². The summed E-state index contributed by atoms with van der Waals surface area (Å²) >= 11 is 3.47. The van der Waals surface area contributed by atoms with Gasteiger partial charge in [-0.1, -0.05) is 12.8 Å². The molecule has 1 unspecified atom stereocenters. The number of nitrogens with zero attached hydrogens (tertiary/aromatic N) is 2. The number of aliphatic hydroxyl groups excluding tert-OH is 1. The minimum Gasteiger partial charge on any atom is -0.394 e. The van der Waals surface area contributed by atoms with Crippen molar-refractivity contribution in [3.05, 3.63) is 22.3 Å². The van der Waals surface area contributed by atoms with Crippen LogP contribution in [0.25, 0.3) is 0 Å². The van der Waals surface area contributed by atoms with Crippen LogP contribution in [0.15, 0.2) is 16.7 Å². The lowest BCUT2D eigenvalue weighted by Gasteiger charge is -2.30. The van der Waals surface area contributed by atoms with Crippen LogP contribution in [0.2, 0.25) is 0 Å². The van der Waals surface area contributed by atoms with Crippen molar-refractivity contribution in [3.63, 3.8) is 0 Å². The Morgan fingerprint density at radius 2 is 2.29 bits per heavy atom. The van der Waals surface area contributed by atoms with Crippen LogP contribution in [-0.2, 0) is 0 Å². The van der Waals surface area contributed by atoms with E-state index in [1.165, 1.54) is 24.8 Å². The third kappa shape index (κ3) is 2.99. The van der Waals surface area contributed by atoms with Crippen LogP contribution in [0.4, 0.5) is 5.82 Å². The number of hydrogen-bond donors (Lipinski definition) is 1. The van der Waals surface area contributed by atoms with E-state index in [-0.39, 0.29) is 12.6 Å². The molecule has 0 saturated carbocycles. The highest BCUT2D eigenvalue weighted by molar-refractivity contribution is 9.10. The van der Waals surface area contributed by atoms with Crippen molar-refractivity contribution >= 4 is 21.7 Å². The molecule has 1 aromatic heterocycles. The Bertz CT molecular complexity index is 384. The van der Waals surface area contributed by atoms with Crippen molar-refractivity contribution in [2.45, 2.75) is 38.6 Å². The summed E-state index contributed by atoms with van der Waals surface area (Å²) in [5.41, 5.74) is 1.19. The molecule has 1 N–H and O–H groups in total. The third-order valence-electron chi connectivity index (χ3n) is 3.41. The molecule has 2 heterocycles. The first-order valence-corrected chi connectivity index (χ1v) is 7.01. The maximum Gasteiger partial charge on any atom is 0.129 e. The summed E-state index contributed by atoms with van der Waals surface area (Å²) in [6, 6.07) is 2.32. The number of anilines is 1. The zero-order chi connectivity index (χ0) is 12.3. The standard InChI is InChI=1S/C13H19BrN2O/c1-10-7-13(15-8-12(10)14)16-6-4-2-3-5-11(16)9-17/h7-8,11,17H,2-6,9H2,1H3. The fraction of sp³-hybridized carbons (Fsp3) is 0.615. The van der Waals surface area contributed by atoms with E-state index < -0.39 is 0 Å². The molecule has 2 rings (SSSR count). The van der Waals surface area contributed by atoms with Crippen LogP contribution in [0, 0.1) is 6.92 Å². The Kier molecular flexibility index (Phi) is 4.40. The number of hydrogen-bond acceptors (Lipinski definition) is 3. The summed E-state index contributed by atoms with van der Waals surface area (Å²) in [6.45, 7) is 3.29. The summed E-state index contributed by atoms with van der Waals surface area (Å²) in [4.78, 5) is 6.73. The molecule has 0 bridgehead atoms. The van der Waals surface area contributed by atoms with E-state index in [0.717, 1.165) is 23.3 Å². The van der Waals surface area contributed by atoms with E-state index in [0.29, 0.717) is 0 Å². The minimum absolute atomic E-state index is 0.219. The molecule has 3 nitrogen and oxygen atoms in total. The van der Waals surface area contributed by atoms with E-state index in [2.05, 4.69) is 38.8 Å². The number of aromatic nitrogens is 1. The first kappa shape index (κ1) is 12.8. The minimum atomic E-state index is 0.219. The molecule has 1 aliphatic rings. The molecule has 1 atom stereocenters. The highest BCUT2D eigenvalue weighted by atomic mass is 79.9. The van der Waals surface area contributed by atoms with E-state index >= 15 is 0 Å². The number of rotatable bonds is 2. The van der Waals surface area contributed by atoms with Crippen molar-refractivity contribution in [3.8, 4) is 0 Å². The van der Waals surface area contributed by atoms with E-state index in [1.807, 2.05) is 6.20 Å². The maximum absolute atomic E-state index is 9.49. The average Bonchev–Trinajstić information content (AvgIpc) is 2.57. The van der Waals surface area contributed by atoms with Gasteiger partial charge in [-0.05, 0) is 47.3 Å². The monoisotopic (exact) mass is 298 g/mol. The molecule has 1 saturated heterocycles. The van der Waals surface area contributed by atoms with Crippen LogP contribution in [-0.4, -0.2) is 29.3 Å². The Balaban J connectivity index is 2.25. The van der Waals surface area contributed by atoms with Gasteiger partial charge >= 0.3 is 0 Å². The molecule has 0 amide bonds. The highest BCUT2D eigenvalue weighted by Gasteiger charge is 2.21. The van der Waals surface area contributed by atoms with Gasteiger partial charge in [0.1, 0.15) is 5.82 Å². The van der Waals surface area contributed by atoms with Crippen LogP contribution >= 0.6 is 15.9 Å². The molecule has 94 valence electrons. The van der Waals surface area contributed by atoms with Gasteiger partial charge < -0.3 is 10.0 Å². The quantitative estimate of drug-likeness (QED) is 0.912. The number of pyridine rings is 1. The number of aliphatic hydroxyl groups is 1. The van der Waals surface area contributed by atoms with Gasteiger partial charge in [0.2, 0.25) is 0 Å². The summed E-state index contributed by atoms with van der Waals surface area (Å²) in [5.74, 6) is 0.992. The summed E-state index contributed by atoms with van der Waals surface area (Å²) in [7, 11) is 0. The SMILES string of the molecule is Cc1cc(N2CCCCCC2CO)ncc1Br. The Labute approximate surface area is 111 Å². The van der Waals surface area contributed by atoms with E-state index in [9.17, 15) is 5.11 Å². The maximum atomic E-state index is 9.49. The Morgan fingerprint density at radius 1 is 1.47 bits per heavy atom. The zero-order valence-corrected chi connectivity index (χ0v) is 11.8. The normalized spacial score (nSPS) is 21.4. The molecule has 1 aliphatic heterocycles. The number of aryl methyl sites for hydroxylation is 1. The molecule has 1 fully saturated rings. The van der Waals surface area contributed by atoms with Crippen LogP contribution in [0.1, 0.15) is 31.2 Å². The smallest absolute Gasteiger partial charge is 0.129 e. The molecule has 1 aromatic rings. The lowest BCUT2D eigenvalue weighted by Crippen LogP contribution is -2.38. The predicted molar refractivity (Wildman–Crippen MR) is 73.4 cm³/mol. The van der Waals surface area contributed by atoms with Crippen molar-refractivity contribution in [2.24, 2.45) is 0 Å². The summed E-state index contributed by atoms with van der Waals surface area (Å²) < 4.78 is 1.04. The molecule has 4 heteroatoms. The van der Waals surface area contributed by atoms with Crippen LogP contribution < -0.4 is 4.90 Å². The Hall–Kier alpha value is -0.610. The van der Waals surface area contributed by atoms with Gasteiger partial charge in [-0.15, -0.1) is 0 Å². The average molecular weight is 299 g/mol. The fourth-order valence-electron chi connectivity index (χ4n) is 2.35. The molecular formula is C13H19BrN2O. The second-order valence-corrected chi connectivity index (χ2v) is 5.53. The fourth-order valence-corrected chi connectivity index (χ4v) is 2.57. The lowest BCUT2D eigenvalue weighted by molar-refractivity contribution is 0.254. The first-order chi connectivity index (χ1) is 8.22. The van der Waals surface area contributed by atoms with Gasteiger partial charge in [0.25, 0.3) is 0 Å². The van der Waals surface area contributed by atoms with Gasteiger partial charge in [-0.25, -0.2) is 4.98 Å². The highest BCUT2D eigenvalue weighted by Crippen LogP contribution is 2.25. The zero-order valence-electron chi connectivity index (χ0n) is 10.2. The molecule has 0 aliphatic carbocycles. The Morgan fingerprint density at radius 3 is 3.00 bits per heavy atom. The van der Waals surface area contributed by atoms with Gasteiger partial charge in [-0.3, -0.25) is 0 Å². The second kappa shape index (κ2) is 5.83. The van der Waals surface area contributed by atoms with Crippen molar-refractivity contribution in [1.29, 1.82) is 0 Å². The lowest BCUT2D eigenvalue weighted by atomic mass is 10.1. The molecule has 0 aromatic carbocycles. The van der Waals surface area contributed by atoms with Crippen molar-refractivity contribution < 1.29 is 5.11 Å². The second-order valence-electron chi connectivity index (χ2n) is 4.67. The summed E-state index contributed by atoms with van der Waals surface area (Å²) in [6.07, 6.45) is 6.56. The van der Waals surface area contributed by atoms with Crippen LogP contribution in [0.5, 0.6) is 0 Å². The van der Waals surface area contributed by atoms with E-state index in [4.69, 9.17) is 0 Å².